The summed E-state index contributed by atoms with van der Waals surface area (Å²) in [6, 6.07) is 11.0. The fourth-order valence-electron chi connectivity index (χ4n) is 3.08. The summed E-state index contributed by atoms with van der Waals surface area (Å²) in [6.45, 7) is 0.429. The third-order valence-electron chi connectivity index (χ3n) is 4.48. The molecule has 3 aromatic rings. The van der Waals surface area contributed by atoms with Crippen molar-refractivity contribution in [3.8, 4) is 11.1 Å². The molecule has 1 aromatic carbocycles. The van der Waals surface area contributed by atoms with Gasteiger partial charge in [0.2, 0.25) is 0 Å². The van der Waals surface area contributed by atoms with E-state index in [1.807, 2.05) is 30.3 Å². The molecule has 0 atom stereocenters. The first kappa shape index (κ1) is 18.7. The van der Waals surface area contributed by atoms with Crippen molar-refractivity contribution in [2.75, 3.05) is 17.2 Å². The molecule has 1 aliphatic heterocycles. The summed E-state index contributed by atoms with van der Waals surface area (Å²) >= 11 is 0. The van der Waals surface area contributed by atoms with Gasteiger partial charge in [0.15, 0.2) is 0 Å². The summed E-state index contributed by atoms with van der Waals surface area (Å²) < 4.78 is 38.7. The number of fused-ring (bicyclic) bond motifs is 1. The molecule has 0 fully saturated rings. The van der Waals surface area contributed by atoms with E-state index in [1.54, 1.807) is 18.5 Å². The molecular weight excluding hydrogens is 381 g/mol. The van der Waals surface area contributed by atoms with Crippen LogP contribution < -0.4 is 10.6 Å². The first-order chi connectivity index (χ1) is 13.9. The van der Waals surface area contributed by atoms with Crippen molar-refractivity contribution in [3.63, 3.8) is 0 Å². The normalized spacial score (nSPS) is 13.1. The molecule has 0 radical (unpaired) electrons. The van der Waals surface area contributed by atoms with Crippen LogP contribution in [0.15, 0.2) is 67.1 Å². The highest BCUT2D eigenvalue weighted by molar-refractivity contribution is 6.26. The second-order valence-corrected chi connectivity index (χ2v) is 6.38. The smallest absolute Gasteiger partial charge is 0.381 e. The van der Waals surface area contributed by atoms with E-state index in [0.29, 0.717) is 17.7 Å². The predicted octanol–water partition coefficient (Wildman–Crippen LogP) is 4.61. The number of amides is 1. The quantitative estimate of drug-likeness (QED) is 0.679. The molecule has 29 heavy (non-hydrogen) atoms. The number of nitrogens with zero attached hydrogens (tertiary/aromatic N) is 2. The Morgan fingerprint density at radius 3 is 2.69 bits per heavy atom. The second-order valence-electron chi connectivity index (χ2n) is 6.38. The zero-order chi connectivity index (χ0) is 20.4. The van der Waals surface area contributed by atoms with Crippen molar-refractivity contribution in [2.45, 2.75) is 6.18 Å². The molecule has 0 bridgehead atoms. The monoisotopic (exact) mass is 396 g/mol. The highest BCUT2D eigenvalue weighted by Gasteiger charge is 2.31. The number of carbonyl (C=O) groups excluding carboxylic acids is 1. The van der Waals surface area contributed by atoms with Gasteiger partial charge in [-0.3, -0.25) is 9.78 Å². The van der Waals surface area contributed by atoms with Crippen LogP contribution in [-0.2, 0) is 11.0 Å². The van der Waals surface area contributed by atoms with E-state index < -0.39 is 17.6 Å². The third kappa shape index (κ3) is 3.96. The van der Waals surface area contributed by atoms with Gasteiger partial charge < -0.3 is 10.6 Å². The number of rotatable bonds is 3. The van der Waals surface area contributed by atoms with Crippen LogP contribution in [-0.4, -0.2) is 22.4 Å². The molecule has 8 heteroatoms. The molecule has 0 saturated carbocycles. The summed E-state index contributed by atoms with van der Waals surface area (Å²) in [4.78, 5) is 20.7. The van der Waals surface area contributed by atoms with Crippen LogP contribution in [0.3, 0.4) is 0 Å². The molecule has 1 aliphatic rings. The summed E-state index contributed by atoms with van der Waals surface area (Å²) in [7, 11) is 0. The lowest BCUT2D eigenvalue weighted by Gasteiger charge is -2.20. The van der Waals surface area contributed by atoms with Crippen LogP contribution >= 0.6 is 0 Å². The minimum Gasteiger partial charge on any atom is -0.381 e. The first-order valence-corrected chi connectivity index (χ1v) is 8.75. The predicted molar refractivity (Wildman–Crippen MR) is 104 cm³/mol. The zero-order valence-corrected chi connectivity index (χ0v) is 15.0. The van der Waals surface area contributed by atoms with Crippen molar-refractivity contribution in [3.05, 3.63) is 78.3 Å². The number of carbonyl (C=O) groups is 1. The molecule has 5 nitrogen and oxygen atoms in total. The van der Waals surface area contributed by atoms with Crippen molar-refractivity contribution in [1.82, 2.24) is 9.97 Å². The largest absolute Gasteiger partial charge is 0.416 e. The van der Waals surface area contributed by atoms with Gasteiger partial charge >= 0.3 is 6.18 Å². The molecule has 146 valence electrons. The Balaban J connectivity index is 1.63. The van der Waals surface area contributed by atoms with E-state index in [9.17, 15) is 18.0 Å². The van der Waals surface area contributed by atoms with Crippen LogP contribution in [0.2, 0.25) is 0 Å². The number of hydrogen-bond donors (Lipinski definition) is 2. The van der Waals surface area contributed by atoms with Gasteiger partial charge in [-0.05, 0) is 35.9 Å². The number of anilines is 2. The molecular formula is C21H15F3N4O. The minimum absolute atomic E-state index is 0.158. The van der Waals surface area contributed by atoms with Gasteiger partial charge in [-0.2, -0.15) is 13.2 Å². The summed E-state index contributed by atoms with van der Waals surface area (Å²) in [5.41, 5.74) is 2.67. The number of pyridine rings is 2. The Morgan fingerprint density at radius 1 is 1.07 bits per heavy atom. The Labute approximate surface area is 164 Å². The highest BCUT2D eigenvalue weighted by Crippen LogP contribution is 2.33. The van der Waals surface area contributed by atoms with Crippen LogP contribution in [0.5, 0.6) is 0 Å². The maximum atomic E-state index is 12.9. The lowest BCUT2D eigenvalue weighted by Crippen LogP contribution is -2.20. The molecule has 2 aromatic heterocycles. The van der Waals surface area contributed by atoms with Crippen LogP contribution in [0.25, 0.3) is 16.7 Å². The SMILES string of the molecule is O=C(Nc1cc(C(F)(F)F)ccn1)C1=CCNc2ccc(-c3cccnc3)cc21. The van der Waals surface area contributed by atoms with Crippen molar-refractivity contribution >= 4 is 23.0 Å². The third-order valence-corrected chi connectivity index (χ3v) is 4.48. The van der Waals surface area contributed by atoms with E-state index in [-0.39, 0.29) is 5.82 Å². The molecule has 0 saturated heterocycles. The number of hydrogen-bond acceptors (Lipinski definition) is 4. The van der Waals surface area contributed by atoms with Crippen molar-refractivity contribution in [2.24, 2.45) is 0 Å². The highest BCUT2D eigenvalue weighted by atomic mass is 19.4. The van der Waals surface area contributed by atoms with Gasteiger partial charge in [-0.25, -0.2) is 4.98 Å². The fourth-order valence-corrected chi connectivity index (χ4v) is 3.08. The van der Waals surface area contributed by atoms with Crippen LogP contribution in [0, 0.1) is 0 Å². The number of halogens is 3. The second kappa shape index (κ2) is 7.38. The molecule has 3 heterocycles. The van der Waals surface area contributed by atoms with E-state index in [4.69, 9.17) is 0 Å². The summed E-state index contributed by atoms with van der Waals surface area (Å²) in [6.07, 6.45) is 1.59. The minimum atomic E-state index is -4.51. The Bertz CT molecular complexity index is 1090. The van der Waals surface area contributed by atoms with E-state index in [0.717, 1.165) is 35.1 Å². The number of benzene rings is 1. The summed E-state index contributed by atoms with van der Waals surface area (Å²) in [5.74, 6) is -0.683. The van der Waals surface area contributed by atoms with Gasteiger partial charge in [-0.1, -0.05) is 18.2 Å². The van der Waals surface area contributed by atoms with Gasteiger partial charge in [0.1, 0.15) is 5.82 Å². The maximum Gasteiger partial charge on any atom is 0.416 e. The van der Waals surface area contributed by atoms with E-state index in [1.165, 1.54) is 0 Å². The van der Waals surface area contributed by atoms with E-state index >= 15 is 0 Å². The topological polar surface area (TPSA) is 66.9 Å². The van der Waals surface area contributed by atoms with Crippen molar-refractivity contribution in [1.29, 1.82) is 0 Å². The van der Waals surface area contributed by atoms with Crippen molar-refractivity contribution < 1.29 is 18.0 Å². The lowest BCUT2D eigenvalue weighted by molar-refractivity contribution is -0.137. The first-order valence-electron chi connectivity index (χ1n) is 8.75. The average molecular weight is 396 g/mol. The van der Waals surface area contributed by atoms with Gasteiger partial charge in [0.05, 0.1) is 5.56 Å². The molecule has 0 unspecified atom stereocenters. The van der Waals surface area contributed by atoms with Crippen LogP contribution in [0.1, 0.15) is 11.1 Å². The molecule has 0 aliphatic carbocycles. The molecule has 2 N–H and O–H groups in total. The van der Waals surface area contributed by atoms with E-state index in [2.05, 4.69) is 20.6 Å². The number of alkyl halides is 3. The number of aromatic nitrogens is 2. The fraction of sp³-hybridized carbons (Fsp3) is 0.0952. The van der Waals surface area contributed by atoms with Crippen LogP contribution in [0.4, 0.5) is 24.7 Å². The molecule has 4 rings (SSSR count). The molecule has 0 spiro atoms. The Morgan fingerprint density at radius 2 is 1.93 bits per heavy atom. The van der Waals surface area contributed by atoms with Gasteiger partial charge in [0.25, 0.3) is 5.91 Å². The molecule has 1 amide bonds. The van der Waals surface area contributed by atoms with Gasteiger partial charge in [-0.15, -0.1) is 0 Å². The Kier molecular flexibility index (Phi) is 4.75. The zero-order valence-electron chi connectivity index (χ0n) is 15.0. The maximum absolute atomic E-state index is 12.9. The van der Waals surface area contributed by atoms with Gasteiger partial charge in [0, 0.05) is 47.5 Å². The Hall–Kier alpha value is -3.68. The number of nitrogens with one attached hydrogen (secondary N) is 2. The summed E-state index contributed by atoms with van der Waals surface area (Å²) in [5, 5.41) is 5.65. The lowest BCUT2D eigenvalue weighted by atomic mass is 9.95. The standard InChI is InChI=1S/C21H15F3N4O/c22-21(23,24)15-5-8-27-19(11-15)28-20(29)16-6-9-26-18-4-3-13(10-17(16)18)14-2-1-7-25-12-14/h1-8,10-12,26H,9H2,(H,27,28,29). The average Bonchev–Trinajstić information content (AvgIpc) is 2.73.